The van der Waals surface area contributed by atoms with Gasteiger partial charge in [0.25, 0.3) is 5.91 Å². The maximum atomic E-state index is 12.6. The van der Waals surface area contributed by atoms with Crippen LogP contribution in [0.4, 0.5) is 5.13 Å². The number of para-hydroxylation sites is 1. The molecule has 3 rings (SSSR count). The molecule has 1 amide bonds. The molecule has 0 saturated carbocycles. The third-order valence-corrected chi connectivity index (χ3v) is 5.80. The first-order chi connectivity index (χ1) is 13.1. The zero-order valence-corrected chi connectivity index (χ0v) is 16.8. The van der Waals surface area contributed by atoms with E-state index in [1.807, 2.05) is 0 Å². The number of carbonyl (C=O) groups excluding carboxylic acids is 1. The van der Waals surface area contributed by atoms with Crippen LogP contribution in [-0.2, 0) is 5.75 Å². The molecule has 0 saturated heterocycles. The summed E-state index contributed by atoms with van der Waals surface area (Å²) in [5, 5.41) is 11.4. The first-order valence-electron chi connectivity index (χ1n) is 8.15. The number of nitrogens with zero attached hydrogens (tertiary/aromatic N) is 2. The second-order valence-corrected chi connectivity index (χ2v) is 7.84. The summed E-state index contributed by atoms with van der Waals surface area (Å²) in [4.78, 5) is 12.6. The number of ether oxygens (including phenoxy) is 2. The van der Waals surface area contributed by atoms with Crippen LogP contribution in [0.2, 0.25) is 0 Å². The minimum Gasteiger partial charge on any atom is -0.493 e. The molecule has 2 aromatic carbocycles. The van der Waals surface area contributed by atoms with Crippen molar-refractivity contribution in [3.05, 3.63) is 59.2 Å². The van der Waals surface area contributed by atoms with Gasteiger partial charge in [0.1, 0.15) is 0 Å². The first kappa shape index (κ1) is 19.2. The average molecular weight is 402 g/mol. The Labute approximate surface area is 165 Å². The Morgan fingerprint density at radius 1 is 1.11 bits per heavy atom. The maximum Gasteiger partial charge on any atom is 0.261 e. The third-order valence-electron chi connectivity index (χ3n) is 3.76. The van der Waals surface area contributed by atoms with Gasteiger partial charge in [0.15, 0.2) is 15.8 Å². The van der Waals surface area contributed by atoms with Crippen molar-refractivity contribution < 1.29 is 14.3 Å². The molecule has 0 fully saturated rings. The molecule has 0 bridgehead atoms. The molecule has 8 heteroatoms. The van der Waals surface area contributed by atoms with Crippen molar-refractivity contribution in [3.8, 4) is 11.5 Å². The van der Waals surface area contributed by atoms with Gasteiger partial charge in [-0.05, 0) is 24.6 Å². The number of hydrogen-bond acceptors (Lipinski definition) is 7. The summed E-state index contributed by atoms with van der Waals surface area (Å²) in [6, 6.07) is 13.5. The number of aromatic nitrogens is 2. The fourth-order valence-corrected chi connectivity index (χ4v) is 4.08. The highest BCUT2D eigenvalue weighted by Gasteiger charge is 2.18. The minimum absolute atomic E-state index is 0.322. The monoisotopic (exact) mass is 401 g/mol. The number of amides is 1. The molecule has 1 heterocycles. The lowest BCUT2D eigenvalue weighted by Crippen LogP contribution is -2.13. The lowest BCUT2D eigenvalue weighted by Gasteiger charge is -2.11. The van der Waals surface area contributed by atoms with Crippen molar-refractivity contribution in [1.29, 1.82) is 0 Å². The fourth-order valence-electron chi connectivity index (χ4n) is 2.38. The third kappa shape index (κ3) is 4.78. The van der Waals surface area contributed by atoms with Gasteiger partial charge in [-0.2, -0.15) is 0 Å². The molecule has 0 unspecified atom stereocenters. The molecule has 3 aromatic rings. The number of methoxy groups -OCH3 is 2. The van der Waals surface area contributed by atoms with Crippen molar-refractivity contribution in [1.82, 2.24) is 10.2 Å². The average Bonchev–Trinajstić information content (AvgIpc) is 3.14. The van der Waals surface area contributed by atoms with E-state index in [1.54, 1.807) is 30.0 Å². The van der Waals surface area contributed by atoms with Crippen molar-refractivity contribution >= 4 is 34.1 Å². The van der Waals surface area contributed by atoms with Crippen molar-refractivity contribution in [2.24, 2.45) is 0 Å². The summed E-state index contributed by atoms with van der Waals surface area (Å²) in [7, 11) is 3.03. The predicted molar refractivity (Wildman–Crippen MR) is 108 cm³/mol. The quantitative estimate of drug-likeness (QED) is 0.467. The summed E-state index contributed by atoms with van der Waals surface area (Å²) < 4.78 is 11.3. The fraction of sp³-hybridized carbons (Fsp3) is 0.211. The molecule has 0 aliphatic carbocycles. The normalized spacial score (nSPS) is 10.5. The van der Waals surface area contributed by atoms with Crippen LogP contribution in [0.1, 0.15) is 21.5 Å². The second-order valence-electron chi connectivity index (χ2n) is 5.64. The van der Waals surface area contributed by atoms with E-state index in [-0.39, 0.29) is 5.91 Å². The van der Waals surface area contributed by atoms with E-state index in [4.69, 9.17) is 9.47 Å². The topological polar surface area (TPSA) is 73.3 Å². The van der Waals surface area contributed by atoms with Crippen LogP contribution in [-0.4, -0.2) is 30.3 Å². The Morgan fingerprint density at radius 3 is 2.59 bits per heavy atom. The van der Waals surface area contributed by atoms with Crippen LogP contribution in [0.15, 0.2) is 46.8 Å². The van der Waals surface area contributed by atoms with Crippen molar-refractivity contribution in [3.63, 3.8) is 0 Å². The molecule has 1 N–H and O–H groups in total. The van der Waals surface area contributed by atoms with Gasteiger partial charge >= 0.3 is 0 Å². The van der Waals surface area contributed by atoms with Crippen LogP contribution in [0.5, 0.6) is 11.5 Å². The van der Waals surface area contributed by atoms with E-state index in [9.17, 15) is 4.79 Å². The lowest BCUT2D eigenvalue weighted by molar-refractivity contribution is 0.102. The summed E-state index contributed by atoms with van der Waals surface area (Å²) in [5.41, 5.74) is 2.83. The van der Waals surface area contributed by atoms with E-state index < -0.39 is 0 Å². The van der Waals surface area contributed by atoms with E-state index in [1.165, 1.54) is 36.7 Å². The van der Waals surface area contributed by atoms with E-state index in [0.29, 0.717) is 22.2 Å². The van der Waals surface area contributed by atoms with Crippen molar-refractivity contribution in [2.75, 3.05) is 19.5 Å². The smallest absolute Gasteiger partial charge is 0.261 e. The maximum absolute atomic E-state index is 12.6. The molecule has 0 radical (unpaired) electrons. The molecule has 140 valence electrons. The van der Waals surface area contributed by atoms with E-state index >= 15 is 0 Å². The first-order valence-corrected chi connectivity index (χ1v) is 9.95. The summed E-state index contributed by atoms with van der Waals surface area (Å²) in [6.45, 7) is 2.06. The minimum atomic E-state index is -0.322. The molecule has 0 aliphatic heterocycles. The summed E-state index contributed by atoms with van der Waals surface area (Å²) in [6.07, 6.45) is 0. The standard InChI is InChI=1S/C19H19N3O3S2/c1-12-7-9-13(10-8-12)11-26-19-22-21-18(27-19)20-17(23)14-5-4-6-15(24-2)16(14)25-3/h4-10H,11H2,1-3H3,(H,20,21,23). The number of benzene rings is 2. The van der Waals surface area contributed by atoms with Gasteiger partial charge in [0, 0.05) is 5.75 Å². The number of aryl methyl sites for hydroxylation is 1. The highest BCUT2D eigenvalue weighted by atomic mass is 32.2. The molecular weight excluding hydrogens is 382 g/mol. The van der Waals surface area contributed by atoms with Gasteiger partial charge in [-0.3, -0.25) is 10.1 Å². The molecule has 0 atom stereocenters. The predicted octanol–water partition coefficient (Wildman–Crippen LogP) is 4.41. The van der Waals surface area contributed by atoms with Crippen molar-refractivity contribution in [2.45, 2.75) is 17.0 Å². The van der Waals surface area contributed by atoms with Gasteiger partial charge in [-0.1, -0.05) is 59.0 Å². The highest BCUT2D eigenvalue weighted by molar-refractivity contribution is 8.00. The van der Waals surface area contributed by atoms with Crippen LogP contribution >= 0.6 is 23.1 Å². The SMILES string of the molecule is COc1cccc(C(=O)Nc2nnc(SCc3ccc(C)cc3)s2)c1OC. The largest absolute Gasteiger partial charge is 0.493 e. The molecule has 0 spiro atoms. The number of hydrogen-bond donors (Lipinski definition) is 1. The second kappa shape index (κ2) is 8.88. The summed E-state index contributed by atoms with van der Waals surface area (Å²) >= 11 is 2.92. The number of thioether (sulfide) groups is 1. The van der Waals surface area contributed by atoms with Crippen LogP contribution in [0.3, 0.4) is 0 Å². The van der Waals surface area contributed by atoms with Crippen LogP contribution in [0.25, 0.3) is 0 Å². The Balaban J connectivity index is 1.65. The zero-order chi connectivity index (χ0) is 19.2. The van der Waals surface area contributed by atoms with Crippen LogP contribution < -0.4 is 14.8 Å². The molecule has 27 heavy (non-hydrogen) atoms. The highest BCUT2D eigenvalue weighted by Crippen LogP contribution is 2.32. The van der Waals surface area contributed by atoms with Crippen LogP contribution in [0, 0.1) is 6.92 Å². The Bertz CT molecular complexity index is 926. The number of rotatable bonds is 7. The lowest BCUT2D eigenvalue weighted by atomic mass is 10.1. The molecule has 1 aromatic heterocycles. The van der Waals surface area contributed by atoms with Gasteiger partial charge in [0.05, 0.1) is 19.8 Å². The molecular formula is C19H19N3O3S2. The van der Waals surface area contributed by atoms with Gasteiger partial charge in [0.2, 0.25) is 5.13 Å². The number of nitrogens with one attached hydrogen (secondary N) is 1. The van der Waals surface area contributed by atoms with Gasteiger partial charge < -0.3 is 9.47 Å². The number of carbonyl (C=O) groups is 1. The Hall–Kier alpha value is -2.58. The van der Waals surface area contributed by atoms with Gasteiger partial charge in [-0.15, -0.1) is 10.2 Å². The Kier molecular flexibility index (Phi) is 6.31. The molecule has 6 nitrogen and oxygen atoms in total. The molecule has 0 aliphatic rings. The Morgan fingerprint density at radius 2 is 1.89 bits per heavy atom. The summed E-state index contributed by atoms with van der Waals surface area (Å²) in [5.74, 6) is 1.36. The zero-order valence-electron chi connectivity index (χ0n) is 15.2. The van der Waals surface area contributed by atoms with E-state index in [0.717, 1.165) is 10.1 Å². The van der Waals surface area contributed by atoms with Gasteiger partial charge in [-0.25, -0.2) is 0 Å². The number of anilines is 1. The van der Waals surface area contributed by atoms with E-state index in [2.05, 4.69) is 46.7 Å².